The van der Waals surface area contributed by atoms with Gasteiger partial charge in [-0.25, -0.2) is 4.98 Å². The van der Waals surface area contributed by atoms with E-state index in [2.05, 4.69) is 45.7 Å². The van der Waals surface area contributed by atoms with Crippen molar-refractivity contribution in [1.29, 1.82) is 0 Å². The molecule has 0 spiro atoms. The van der Waals surface area contributed by atoms with Gasteiger partial charge in [-0.2, -0.15) is 0 Å². The van der Waals surface area contributed by atoms with Gasteiger partial charge in [0, 0.05) is 36.1 Å². The summed E-state index contributed by atoms with van der Waals surface area (Å²) in [6, 6.07) is 20.1. The summed E-state index contributed by atoms with van der Waals surface area (Å²) in [7, 11) is 0. The number of amides is 1. The number of rotatable bonds is 7. The van der Waals surface area contributed by atoms with E-state index < -0.39 is 0 Å². The molecule has 34 heavy (non-hydrogen) atoms. The summed E-state index contributed by atoms with van der Waals surface area (Å²) >= 11 is 1.40. The van der Waals surface area contributed by atoms with E-state index in [-0.39, 0.29) is 17.4 Å². The normalized spacial score (nSPS) is 13.4. The summed E-state index contributed by atoms with van der Waals surface area (Å²) in [4.78, 5) is 35.0. The molecule has 1 aliphatic heterocycles. The Labute approximate surface area is 203 Å². The average Bonchev–Trinajstić information content (AvgIpc) is 3.64. The maximum absolute atomic E-state index is 12.9. The second-order valence-electron chi connectivity index (χ2n) is 8.48. The van der Waals surface area contributed by atoms with Crippen molar-refractivity contribution in [2.24, 2.45) is 0 Å². The van der Waals surface area contributed by atoms with Crippen LogP contribution >= 0.6 is 11.8 Å². The van der Waals surface area contributed by atoms with E-state index in [0.29, 0.717) is 11.3 Å². The maximum Gasteiger partial charge on any atom is 0.270 e. The first-order valence-corrected chi connectivity index (χ1v) is 12.4. The lowest BCUT2D eigenvalue weighted by atomic mass is 10.1. The van der Waals surface area contributed by atoms with Crippen molar-refractivity contribution in [3.05, 3.63) is 89.9 Å². The number of aromatic nitrogens is 3. The third kappa shape index (κ3) is 4.56. The number of nitrogens with zero attached hydrogens (tertiary/aromatic N) is 3. The number of H-pyrrole nitrogens is 1. The van der Waals surface area contributed by atoms with E-state index in [0.717, 1.165) is 48.0 Å². The number of thioether (sulfide) groups is 1. The van der Waals surface area contributed by atoms with E-state index in [9.17, 15) is 9.59 Å². The van der Waals surface area contributed by atoms with Crippen molar-refractivity contribution in [2.45, 2.75) is 24.9 Å². The molecule has 0 unspecified atom stereocenters. The largest absolute Gasteiger partial charge is 0.356 e. The van der Waals surface area contributed by atoms with Crippen molar-refractivity contribution in [1.82, 2.24) is 19.4 Å². The van der Waals surface area contributed by atoms with Crippen LogP contribution in [0.4, 0.5) is 0 Å². The highest BCUT2D eigenvalue weighted by Crippen LogP contribution is 2.30. The number of hydrogen-bond acceptors (Lipinski definition) is 4. The molecular formula is C27H26N4O2S. The average molecular weight is 471 g/mol. The molecule has 0 aliphatic carbocycles. The monoisotopic (exact) mass is 470 g/mol. The van der Waals surface area contributed by atoms with Gasteiger partial charge in [-0.15, -0.1) is 0 Å². The molecule has 0 atom stereocenters. The van der Waals surface area contributed by atoms with Gasteiger partial charge in [0.1, 0.15) is 5.69 Å². The van der Waals surface area contributed by atoms with Crippen LogP contribution in [0.3, 0.4) is 0 Å². The number of Topliss-reactive ketones (excluding diaryl/α,β-unsaturated/α-hetero) is 1. The summed E-state index contributed by atoms with van der Waals surface area (Å²) in [5.41, 5.74) is 5.22. The van der Waals surface area contributed by atoms with Crippen LogP contribution in [-0.4, -0.2) is 50.0 Å². The van der Waals surface area contributed by atoms with Gasteiger partial charge >= 0.3 is 0 Å². The Balaban J connectivity index is 1.36. The molecule has 1 saturated heterocycles. The summed E-state index contributed by atoms with van der Waals surface area (Å²) < 4.78 is 2.09. The van der Waals surface area contributed by atoms with Crippen LogP contribution in [-0.2, 0) is 0 Å². The lowest BCUT2D eigenvalue weighted by Gasteiger charge is -2.13. The zero-order valence-electron chi connectivity index (χ0n) is 19.0. The van der Waals surface area contributed by atoms with E-state index >= 15 is 0 Å². The van der Waals surface area contributed by atoms with Crippen molar-refractivity contribution in [3.63, 3.8) is 0 Å². The van der Waals surface area contributed by atoms with Gasteiger partial charge in [-0.05, 0) is 38.0 Å². The molecule has 1 N–H and O–H groups in total. The molecule has 2 aromatic carbocycles. The highest BCUT2D eigenvalue weighted by atomic mass is 32.2. The standard InChI is InChI=1S/C27H26N4O2S/c1-19-9-11-20(12-10-19)24-17-29-27(31(24)22-7-3-2-4-8-22)34-18-25(32)21-15-23(28-16-21)26(33)30-13-5-6-14-30/h2-4,7-12,15-17,28H,5-6,13-14,18H2,1H3. The van der Waals surface area contributed by atoms with Crippen LogP contribution in [0.5, 0.6) is 0 Å². The first-order chi connectivity index (χ1) is 16.6. The van der Waals surface area contributed by atoms with Crippen molar-refractivity contribution < 1.29 is 9.59 Å². The lowest BCUT2D eigenvalue weighted by molar-refractivity contribution is 0.0787. The molecule has 6 nitrogen and oxygen atoms in total. The summed E-state index contributed by atoms with van der Waals surface area (Å²) in [5, 5.41) is 0.749. The first kappa shape index (κ1) is 22.2. The topological polar surface area (TPSA) is 71.0 Å². The number of likely N-dealkylation sites (tertiary alicyclic amines) is 1. The molecule has 1 fully saturated rings. The number of para-hydroxylation sites is 1. The SMILES string of the molecule is Cc1ccc(-c2cnc(SCC(=O)c3c[nH]c(C(=O)N4CCCC4)c3)n2-c2ccccc2)cc1. The fourth-order valence-electron chi connectivity index (χ4n) is 4.17. The molecule has 1 aliphatic rings. The lowest BCUT2D eigenvalue weighted by Crippen LogP contribution is -2.27. The van der Waals surface area contributed by atoms with Crippen LogP contribution in [0, 0.1) is 6.92 Å². The van der Waals surface area contributed by atoms with Gasteiger partial charge in [0.25, 0.3) is 5.91 Å². The summed E-state index contributed by atoms with van der Waals surface area (Å²) in [6.07, 6.45) is 5.56. The van der Waals surface area contributed by atoms with Crippen LogP contribution in [0.2, 0.25) is 0 Å². The second-order valence-corrected chi connectivity index (χ2v) is 9.42. The minimum atomic E-state index is -0.0405. The van der Waals surface area contributed by atoms with Gasteiger partial charge in [0.15, 0.2) is 10.9 Å². The van der Waals surface area contributed by atoms with E-state index in [4.69, 9.17) is 0 Å². The van der Waals surface area contributed by atoms with Gasteiger partial charge in [0.2, 0.25) is 0 Å². The van der Waals surface area contributed by atoms with E-state index in [1.54, 1.807) is 12.3 Å². The van der Waals surface area contributed by atoms with Gasteiger partial charge in [-0.1, -0.05) is 59.8 Å². The molecule has 1 amide bonds. The second kappa shape index (κ2) is 9.73. The molecule has 172 valence electrons. The fraction of sp³-hybridized carbons (Fsp3) is 0.222. The molecule has 7 heteroatoms. The van der Waals surface area contributed by atoms with E-state index in [1.807, 2.05) is 41.4 Å². The number of aromatic amines is 1. The van der Waals surface area contributed by atoms with Crippen LogP contribution < -0.4 is 0 Å². The van der Waals surface area contributed by atoms with Crippen LogP contribution in [0.25, 0.3) is 16.9 Å². The fourth-order valence-corrected chi connectivity index (χ4v) is 5.06. The van der Waals surface area contributed by atoms with Crippen molar-refractivity contribution >= 4 is 23.5 Å². The Kier molecular flexibility index (Phi) is 6.36. The summed E-state index contributed by atoms with van der Waals surface area (Å²) in [6.45, 7) is 3.63. The Hall–Kier alpha value is -3.58. The molecule has 2 aromatic heterocycles. The molecule has 0 radical (unpaired) electrons. The number of aryl methyl sites for hydroxylation is 1. The Morgan fingerprint density at radius 1 is 1.03 bits per heavy atom. The number of carbonyl (C=O) groups excluding carboxylic acids is 2. The highest BCUT2D eigenvalue weighted by Gasteiger charge is 2.22. The number of ketones is 1. The van der Waals surface area contributed by atoms with Crippen molar-refractivity contribution in [3.8, 4) is 16.9 Å². The maximum atomic E-state index is 12.9. The quantitative estimate of drug-likeness (QED) is 0.291. The van der Waals surface area contributed by atoms with Gasteiger partial charge < -0.3 is 9.88 Å². The number of benzene rings is 2. The first-order valence-electron chi connectivity index (χ1n) is 11.4. The minimum absolute atomic E-state index is 0.0356. The predicted molar refractivity (Wildman–Crippen MR) is 135 cm³/mol. The highest BCUT2D eigenvalue weighted by molar-refractivity contribution is 7.99. The molecular weight excluding hydrogens is 444 g/mol. The number of hydrogen-bond donors (Lipinski definition) is 1. The zero-order chi connectivity index (χ0) is 23.5. The third-order valence-electron chi connectivity index (χ3n) is 6.05. The van der Waals surface area contributed by atoms with Crippen molar-refractivity contribution in [2.75, 3.05) is 18.8 Å². The van der Waals surface area contributed by atoms with E-state index in [1.165, 1.54) is 17.3 Å². The number of imidazole rings is 1. The molecule has 4 aromatic rings. The number of nitrogens with one attached hydrogen (secondary N) is 1. The smallest absolute Gasteiger partial charge is 0.270 e. The molecule has 5 rings (SSSR count). The molecule has 0 bridgehead atoms. The Bertz CT molecular complexity index is 1300. The van der Waals surface area contributed by atoms with Crippen LogP contribution in [0.1, 0.15) is 39.3 Å². The number of carbonyl (C=O) groups is 2. The minimum Gasteiger partial charge on any atom is -0.356 e. The van der Waals surface area contributed by atoms with Gasteiger partial charge in [-0.3, -0.25) is 14.2 Å². The molecule has 3 heterocycles. The zero-order valence-corrected chi connectivity index (χ0v) is 19.8. The third-order valence-corrected chi connectivity index (χ3v) is 7.00. The Morgan fingerprint density at radius 3 is 2.50 bits per heavy atom. The van der Waals surface area contributed by atoms with Crippen LogP contribution in [0.15, 0.2) is 78.2 Å². The Morgan fingerprint density at radius 2 is 1.76 bits per heavy atom. The molecule has 0 saturated carbocycles. The predicted octanol–water partition coefficient (Wildman–Crippen LogP) is 5.39. The van der Waals surface area contributed by atoms with Gasteiger partial charge in [0.05, 0.1) is 17.6 Å². The summed E-state index contributed by atoms with van der Waals surface area (Å²) in [5.74, 6) is 0.152.